The largest absolute Gasteiger partial charge is 0.443 e. The first kappa shape index (κ1) is 12.3. The Balaban J connectivity index is 2.83. The molecule has 0 fully saturated rings. The Bertz CT molecular complexity index is 385. The maximum absolute atomic E-state index is 11.7. The summed E-state index contributed by atoms with van der Waals surface area (Å²) >= 11 is 0. The van der Waals surface area contributed by atoms with Gasteiger partial charge in [-0.25, -0.2) is 4.79 Å². The molecule has 0 aromatic carbocycles. The van der Waals surface area contributed by atoms with Crippen LogP contribution in [0.4, 0.5) is 16.2 Å². The third-order valence-electron chi connectivity index (χ3n) is 1.86. The summed E-state index contributed by atoms with van der Waals surface area (Å²) < 4.78 is 5.22. The number of nitrogens with zero attached hydrogens (tertiary/aromatic N) is 2. The van der Waals surface area contributed by atoms with Crippen LogP contribution in [0.15, 0.2) is 18.5 Å². The Kier molecular flexibility index (Phi) is 3.37. The second-order valence-corrected chi connectivity index (χ2v) is 4.47. The first-order valence-corrected chi connectivity index (χ1v) is 4.97. The molecule has 1 aromatic rings. The minimum Gasteiger partial charge on any atom is -0.443 e. The number of ether oxygens (including phenoxy) is 1. The normalized spacial score (nSPS) is 11.0. The van der Waals surface area contributed by atoms with Crippen LogP contribution in [0.3, 0.4) is 0 Å². The number of rotatable bonds is 1. The van der Waals surface area contributed by atoms with Crippen molar-refractivity contribution in [2.45, 2.75) is 26.4 Å². The van der Waals surface area contributed by atoms with E-state index in [1.807, 2.05) is 20.8 Å². The van der Waals surface area contributed by atoms with Crippen LogP contribution >= 0.6 is 0 Å². The van der Waals surface area contributed by atoms with Crippen LogP contribution in [-0.2, 0) is 4.74 Å². The molecule has 1 amide bonds. The average molecular weight is 223 g/mol. The number of hydrogen-bond acceptors (Lipinski definition) is 4. The fourth-order valence-electron chi connectivity index (χ4n) is 1.13. The lowest BCUT2D eigenvalue weighted by Gasteiger charge is -2.25. The van der Waals surface area contributed by atoms with E-state index in [9.17, 15) is 4.79 Å². The predicted molar refractivity (Wildman–Crippen MR) is 63.3 cm³/mol. The zero-order valence-corrected chi connectivity index (χ0v) is 10.0. The van der Waals surface area contributed by atoms with Gasteiger partial charge in [0.2, 0.25) is 0 Å². The van der Waals surface area contributed by atoms with Crippen LogP contribution in [0.2, 0.25) is 0 Å². The molecule has 5 heteroatoms. The van der Waals surface area contributed by atoms with Gasteiger partial charge in [-0.05, 0) is 26.8 Å². The maximum atomic E-state index is 11.7. The van der Waals surface area contributed by atoms with Crippen LogP contribution in [0.5, 0.6) is 0 Å². The SMILES string of the molecule is CN(C(=O)OC(C)(C)C)c1ccncc1N. The van der Waals surface area contributed by atoms with E-state index in [1.54, 1.807) is 19.3 Å². The molecule has 0 bridgehead atoms. The number of nitrogen functional groups attached to an aromatic ring is 1. The van der Waals surface area contributed by atoms with Crippen molar-refractivity contribution < 1.29 is 9.53 Å². The van der Waals surface area contributed by atoms with E-state index in [4.69, 9.17) is 10.5 Å². The first-order chi connectivity index (χ1) is 7.31. The number of carbonyl (C=O) groups is 1. The highest BCUT2D eigenvalue weighted by Crippen LogP contribution is 2.21. The summed E-state index contributed by atoms with van der Waals surface area (Å²) in [7, 11) is 1.61. The fourth-order valence-corrected chi connectivity index (χ4v) is 1.13. The lowest BCUT2D eigenvalue weighted by atomic mass is 10.2. The molecule has 0 unspecified atom stereocenters. The topological polar surface area (TPSA) is 68.5 Å². The van der Waals surface area contributed by atoms with Crippen molar-refractivity contribution in [2.75, 3.05) is 17.7 Å². The second-order valence-electron chi connectivity index (χ2n) is 4.47. The first-order valence-electron chi connectivity index (χ1n) is 4.97. The standard InChI is InChI=1S/C11H17N3O2/c1-11(2,3)16-10(15)14(4)9-5-6-13-7-8(9)12/h5-7H,12H2,1-4H3. The number of anilines is 2. The molecule has 0 saturated carbocycles. The molecule has 88 valence electrons. The number of hydrogen-bond donors (Lipinski definition) is 1. The summed E-state index contributed by atoms with van der Waals surface area (Å²) in [6.45, 7) is 5.44. The van der Waals surface area contributed by atoms with Crippen LogP contribution in [0.1, 0.15) is 20.8 Å². The van der Waals surface area contributed by atoms with Gasteiger partial charge in [-0.1, -0.05) is 0 Å². The van der Waals surface area contributed by atoms with Gasteiger partial charge < -0.3 is 10.5 Å². The Hall–Kier alpha value is -1.78. The van der Waals surface area contributed by atoms with E-state index in [0.29, 0.717) is 11.4 Å². The van der Waals surface area contributed by atoms with Crippen LogP contribution < -0.4 is 10.6 Å². The quantitative estimate of drug-likeness (QED) is 0.791. The van der Waals surface area contributed by atoms with Crippen molar-refractivity contribution in [3.05, 3.63) is 18.5 Å². The predicted octanol–water partition coefficient (Wildman–Crippen LogP) is 2.04. The monoisotopic (exact) mass is 223 g/mol. The minimum absolute atomic E-state index is 0.439. The summed E-state index contributed by atoms with van der Waals surface area (Å²) in [5.41, 5.74) is 6.22. The van der Waals surface area contributed by atoms with Gasteiger partial charge in [-0.15, -0.1) is 0 Å². The molecule has 16 heavy (non-hydrogen) atoms. The van der Waals surface area contributed by atoms with Crippen molar-refractivity contribution in [2.24, 2.45) is 0 Å². The summed E-state index contributed by atoms with van der Waals surface area (Å²) in [6, 6.07) is 1.67. The van der Waals surface area contributed by atoms with Crippen molar-refractivity contribution in [1.29, 1.82) is 0 Å². The maximum Gasteiger partial charge on any atom is 0.414 e. The Morgan fingerprint density at radius 1 is 1.50 bits per heavy atom. The van der Waals surface area contributed by atoms with Gasteiger partial charge in [0.05, 0.1) is 17.6 Å². The molecule has 0 atom stereocenters. The molecule has 1 rings (SSSR count). The number of carbonyl (C=O) groups excluding carboxylic acids is 1. The van der Waals surface area contributed by atoms with Crippen LogP contribution in [-0.4, -0.2) is 23.7 Å². The van der Waals surface area contributed by atoms with E-state index >= 15 is 0 Å². The molecule has 1 heterocycles. The highest BCUT2D eigenvalue weighted by molar-refractivity contribution is 5.90. The molecule has 5 nitrogen and oxygen atoms in total. The van der Waals surface area contributed by atoms with Gasteiger partial charge in [0.25, 0.3) is 0 Å². The zero-order valence-electron chi connectivity index (χ0n) is 10.0. The fraction of sp³-hybridized carbons (Fsp3) is 0.455. The third kappa shape index (κ3) is 3.12. The lowest BCUT2D eigenvalue weighted by molar-refractivity contribution is 0.0589. The minimum atomic E-state index is -0.521. The van der Waals surface area contributed by atoms with Crippen molar-refractivity contribution in [3.63, 3.8) is 0 Å². The molecule has 2 N–H and O–H groups in total. The second kappa shape index (κ2) is 4.38. The van der Waals surface area contributed by atoms with Gasteiger partial charge in [0, 0.05) is 13.2 Å². The smallest absolute Gasteiger partial charge is 0.414 e. The Morgan fingerprint density at radius 3 is 2.62 bits per heavy atom. The molecule has 0 radical (unpaired) electrons. The number of pyridine rings is 1. The van der Waals surface area contributed by atoms with E-state index < -0.39 is 11.7 Å². The number of amides is 1. The molecular formula is C11H17N3O2. The van der Waals surface area contributed by atoms with Gasteiger partial charge in [0.1, 0.15) is 5.60 Å². The lowest BCUT2D eigenvalue weighted by Crippen LogP contribution is -2.34. The highest BCUT2D eigenvalue weighted by atomic mass is 16.6. The summed E-state index contributed by atoms with van der Waals surface area (Å²) in [6.07, 6.45) is 2.63. The van der Waals surface area contributed by atoms with Crippen LogP contribution in [0.25, 0.3) is 0 Å². The molecule has 0 aliphatic heterocycles. The molecule has 0 aliphatic carbocycles. The van der Waals surface area contributed by atoms with E-state index in [0.717, 1.165) is 0 Å². The van der Waals surface area contributed by atoms with Crippen molar-refractivity contribution in [3.8, 4) is 0 Å². The van der Waals surface area contributed by atoms with Crippen LogP contribution in [0, 0.1) is 0 Å². The van der Waals surface area contributed by atoms with Gasteiger partial charge in [-0.2, -0.15) is 0 Å². The van der Waals surface area contributed by atoms with Gasteiger partial charge >= 0.3 is 6.09 Å². The third-order valence-corrected chi connectivity index (χ3v) is 1.86. The van der Waals surface area contributed by atoms with E-state index in [2.05, 4.69) is 4.98 Å². The molecule has 1 aromatic heterocycles. The Morgan fingerprint density at radius 2 is 2.12 bits per heavy atom. The molecule has 0 saturated heterocycles. The number of nitrogens with two attached hydrogens (primary N) is 1. The number of aromatic nitrogens is 1. The van der Waals surface area contributed by atoms with E-state index in [1.165, 1.54) is 11.1 Å². The summed E-state index contributed by atoms with van der Waals surface area (Å²) in [4.78, 5) is 17.0. The molecule has 0 aliphatic rings. The summed E-state index contributed by atoms with van der Waals surface area (Å²) in [5.74, 6) is 0. The molecule has 0 spiro atoms. The van der Waals surface area contributed by atoms with Gasteiger partial charge in [0.15, 0.2) is 0 Å². The average Bonchev–Trinajstić information content (AvgIpc) is 2.15. The highest BCUT2D eigenvalue weighted by Gasteiger charge is 2.21. The Labute approximate surface area is 95.2 Å². The van der Waals surface area contributed by atoms with E-state index in [-0.39, 0.29) is 0 Å². The molecular weight excluding hydrogens is 206 g/mol. The van der Waals surface area contributed by atoms with Gasteiger partial charge in [-0.3, -0.25) is 9.88 Å². The van der Waals surface area contributed by atoms with Crippen molar-refractivity contribution >= 4 is 17.5 Å². The zero-order chi connectivity index (χ0) is 12.3. The van der Waals surface area contributed by atoms with Crippen molar-refractivity contribution in [1.82, 2.24) is 4.98 Å². The summed E-state index contributed by atoms with van der Waals surface area (Å²) in [5, 5.41) is 0.